The van der Waals surface area contributed by atoms with E-state index in [2.05, 4.69) is 26.7 Å². The molecule has 0 unspecified atom stereocenters. The molecule has 0 saturated heterocycles. The van der Waals surface area contributed by atoms with E-state index in [1.165, 1.54) is 14.9 Å². The average molecular weight is 447 g/mol. The predicted molar refractivity (Wildman–Crippen MR) is 124 cm³/mol. The lowest BCUT2D eigenvalue weighted by Gasteiger charge is -2.18. The second-order valence-corrected chi connectivity index (χ2v) is 8.19. The Balaban J connectivity index is 1.43. The molecule has 3 aromatic rings. The zero-order chi connectivity index (χ0) is 22.8. The maximum atomic E-state index is 12.5. The van der Waals surface area contributed by atoms with Crippen molar-refractivity contribution in [2.45, 2.75) is 45.1 Å². The number of hydrogen-bond donors (Lipinski definition) is 0. The summed E-state index contributed by atoms with van der Waals surface area (Å²) >= 11 is 0. The van der Waals surface area contributed by atoms with Crippen molar-refractivity contribution in [3.05, 3.63) is 69.6 Å². The molecule has 0 bridgehead atoms. The van der Waals surface area contributed by atoms with Crippen LogP contribution in [0, 0.1) is 0 Å². The highest BCUT2D eigenvalue weighted by atomic mass is 16.5. The number of tetrazole rings is 1. The van der Waals surface area contributed by atoms with Crippen LogP contribution in [0.25, 0.3) is 5.69 Å². The Labute approximate surface area is 191 Å². The van der Waals surface area contributed by atoms with Crippen molar-refractivity contribution >= 4 is 11.6 Å². The van der Waals surface area contributed by atoms with Gasteiger partial charge in [-0.05, 0) is 52.9 Å². The largest absolute Gasteiger partial charge is 0.492 e. The Morgan fingerprint density at radius 3 is 2.79 bits per heavy atom. The summed E-state index contributed by atoms with van der Waals surface area (Å²) < 4.78 is 14.4. The van der Waals surface area contributed by atoms with Gasteiger partial charge >= 0.3 is 5.69 Å². The smallest absolute Gasteiger partial charge is 0.368 e. The highest BCUT2D eigenvalue weighted by molar-refractivity contribution is 6.03. The summed E-state index contributed by atoms with van der Waals surface area (Å²) in [7, 11) is 1.59. The van der Waals surface area contributed by atoms with Crippen molar-refractivity contribution in [1.29, 1.82) is 0 Å². The fourth-order valence-corrected chi connectivity index (χ4v) is 3.99. The van der Waals surface area contributed by atoms with Crippen molar-refractivity contribution in [3.8, 4) is 11.4 Å². The zero-order valence-corrected chi connectivity index (χ0v) is 18.8. The molecular formula is C24H26N6O3. The van der Waals surface area contributed by atoms with Gasteiger partial charge in [-0.3, -0.25) is 0 Å². The number of benzene rings is 2. The van der Waals surface area contributed by atoms with E-state index in [9.17, 15) is 4.79 Å². The third kappa shape index (κ3) is 4.30. The van der Waals surface area contributed by atoms with E-state index in [4.69, 9.17) is 9.47 Å². The minimum absolute atomic E-state index is 0.280. The Morgan fingerprint density at radius 2 is 2.03 bits per heavy atom. The monoisotopic (exact) mass is 446 g/mol. The van der Waals surface area contributed by atoms with Gasteiger partial charge in [-0.25, -0.2) is 4.79 Å². The summed E-state index contributed by atoms with van der Waals surface area (Å²) in [6.07, 6.45) is 3.56. The number of rotatable bonds is 6. The molecule has 1 saturated carbocycles. The molecule has 5 rings (SSSR count). The first-order valence-electron chi connectivity index (χ1n) is 11.2. The van der Waals surface area contributed by atoms with E-state index < -0.39 is 0 Å². The average Bonchev–Trinajstić information content (AvgIpc) is 3.64. The minimum atomic E-state index is -0.293. The SMILES string of the molecule is CC/C(=N\N=C1CCOc2ccccc21)OCc1c(C2CC2)cccc1-n1nnn(C)c1=O. The first-order valence-corrected chi connectivity index (χ1v) is 11.2. The molecule has 1 fully saturated rings. The molecule has 2 aliphatic rings. The van der Waals surface area contributed by atoms with Crippen LogP contribution in [0.5, 0.6) is 5.75 Å². The van der Waals surface area contributed by atoms with Crippen molar-refractivity contribution in [1.82, 2.24) is 19.8 Å². The molecule has 33 heavy (non-hydrogen) atoms. The van der Waals surface area contributed by atoms with E-state index in [1.54, 1.807) is 7.05 Å². The summed E-state index contributed by atoms with van der Waals surface area (Å²) in [5.74, 6) is 1.85. The van der Waals surface area contributed by atoms with E-state index in [0.717, 1.165) is 35.4 Å². The topological polar surface area (TPSA) is 95.9 Å². The van der Waals surface area contributed by atoms with Crippen LogP contribution in [0.4, 0.5) is 0 Å². The normalized spacial score (nSPS) is 17.0. The van der Waals surface area contributed by atoms with Crippen LogP contribution in [-0.2, 0) is 18.4 Å². The van der Waals surface area contributed by atoms with Crippen molar-refractivity contribution < 1.29 is 9.47 Å². The molecule has 1 aromatic heterocycles. The third-order valence-electron chi connectivity index (χ3n) is 5.92. The minimum Gasteiger partial charge on any atom is -0.492 e. The molecule has 2 heterocycles. The molecule has 0 atom stereocenters. The first kappa shape index (κ1) is 21.1. The highest BCUT2D eigenvalue weighted by Crippen LogP contribution is 2.43. The Hall–Kier alpha value is -3.75. The number of nitrogens with zero attached hydrogens (tertiary/aromatic N) is 6. The van der Waals surface area contributed by atoms with E-state index in [-0.39, 0.29) is 12.3 Å². The van der Waals surface area contributed by atoms with Gasteiger partial charge in [0.2, 0.25) is 5.90 Å². The molecule has 0 amide bonds. The van der Waals surface area contributed by atoms with Gasteiger partial charge in [-0.15, -0.1) is 5.10 Å². The standard InChI is InChI=1S/C24H26N6O3/c1-3-23(26-25-20-13-14-32-22-10-5-4-7-18(20)22)33-15-19-17(16-11-12-16)8-6-9-21(19)30-24(31)29(2)27-28-30/h4-10,16H,3,11-15H2,1-2H3/b25-20?,26-23+. The molecule has 1 aliphatic heterocycles. The summed E-state index contributed by atoms with van der Waals surface area (Å²) in [5, 5.41) is 16.8. The maximum Gasteiger partial charge on any atom is 0.368 e. The van der Waals surface area contributed by atoms with Gasteiger partial charge in [0.15, 0.2) is 0 Å². The zero-order valence-electron chi connectivity index (χ0n) is 18.8. The molecule has 0 radical (unpaired) electrons. The second kappa shape index (κ2) is 9.01. The van der Waals surface area contributed by atoms with Crippen LogP contribution in [0.15, 0.2) is 57.5 Å². The van der Waals surface area contributed by atoms with Crippen LogP contribution in [0.3, 0.4) is 0 Å². The van der Waals surface area contributed by atoms with Crippen molar-refractivity contribution in [2.75, 3.05) is 6.61 Å². The predicted octanol–water partition coefficient (Wildman–Crippen LogP) is 3.36. The number of ether oxygens (including phenoxy) is 2. The lowest BCUT2D eigenvalue weighted by molar-refractivity contribution is 0.281. The van der Waals surface area contributed by atoms with Gasteiger partial charge in [0.05, 0.1) is 18.0 Å². The fourth-order valence-electron chi connectivity index (χ4n) is 3.99. The first-order chi connectivity index (χ1) is 16.2. The summed E-state index contributed by atoms with van der Waals surface area (Å²) in [6, 6.07) is 13.8. The molecule has 0 N–H and O–H groups in total. The summed E-state index contributed by atoms with van der Waals surface area (Å²) in [5.41, 5.74) is 4.37. The van der Waals surface area contributed by atoms with Crippen LogP contribution in [0.1, 0.15) is 55.2 Å². The molecule has 1 aliphatic carbocycles. The summed E-state index contributed by atoms with van der Waals surface area (Å²) in [6.45, 7) is 2.85. The number of aromatic nitrogens is 4. The Kier molecular flexibility index (Phi) is 5.77. The van der Waals surface area contributed by atoms with Gasteiger partial charge < -0.3 is 9.47 Å². The summed E-state index contributed by atoms with van der Waals surface area (Å²) in [4.78, 5) is 12.5. The fraction of sp³-hybridized carbons (Fsp3) is 0.375. The quantitative estimate of drug-likeness (QED) is 0.329. The van der Waals surface area contributed by atoms with Gasteiger partial charge in [0.25, 0.3) is 0 Å². The van der Waals surface area contributed by atoms with E-state index in [0.29, 0.717) is 37.0 Å². The van der Waals surface area contributed by atoms with Gasteiger partial charge in [-0.2, -0.15) is 14.5 Å². The Morgan fingerprint density at radius 1 is 1.18 bits per heavy atom. The van der Waals surface area contributed by atoms with Crippen LogP contribution in [-0.4, -0.2) is 38.0 Å². The van der Waals surface area contributed by atoms with Crippen molar-refractivity contribution in [3.63, 3.8) is 0 Å². The van der Waals surface area contributed by atoms with Gasteiger partial charge in [0.1, 0.15) is 12.4 Å². The third-order valence-corrected chi connectivity index (χ3v) is 5.92. The van der Waals surface area contributed by atoms with Gasteiger partial charge in [0, 0.05) is 31.0 Å². The van der Waals surface area contributed by atoms with Crippen LogP contribution < -0.4 is 10.4 Å². The molecule has 170 valence electrons. The highest BCUT2D eigenvalue weighted by Gasteiger charge is 2.28. The van der Waals surface area contributed by atoms with Crippen molar-refractivity contribution in [2.24, 2.45) is 17.3 Å². The van der Waals surface area contributed by atoms with Crippen LogP contribution in [0.2, 0.25) is 0 Å². The number of para-hydroxylation sites is 1. The molecule has 9 heteroatoms. The van der Waals surface area contributed by atoms with Crippen LogP contribution >= 0.6 is 0 Å². The number of hydrogen-bond acceptors (Lipinski definition) is 7. The Bertz CT molecular complexity index is 1290. The molecule has 0 spiro atoms. The van der Waals surface area contributed by atoms with E-state index in [1.807, 2.05) is 43.3 Å². The molecule has 9 nitrogen and oxygen atoms in total. The van der Waals surface area contributed by atoms with Gasteiger partial charge in [-0.1, -0.05) is 31.2 Å². The number of aryl methyl sites for hydroxylation is 1. The molecular weight excluding hydrogens is 420 g/mol. The maximum absolute atomic E-state index is 12.5. The molecule has 2 aromatic carbocycles. The number of fused-ring (bicyclic) bond motifs is 1. The lowest BCUT2D eigenvalue weighted by Crippen LogP contribution is -2.23. The second-order valence-electron chi connectivity index (χ2n) is 8.19. The van der Waals surface area contributed by atoms with E-state index >= 15 is 0 Å². The lowest BCUT2D eigenvalue weighted by atomic mass is 10.0.